The predicted molar refractivity (Wildman–Crippen MR) is 43.7 cm³/mol. The van der Waals surface area contributed by atoms with Gasteiger partial charge in [0.2, 0.25) is 0 Å². The second kappa shape index (κ2) is 2.34. The van der Waals surface area contributed by atoms with Gasteiger partial charge in [-0.05, 0) is 45.4 Å². The van der Waals surface area contributed by atoms with Gasteiger partial charge in [-0.1, -0.05) is 0 Å². The van der Waals surface area contributed by atoms with E-state index in [1.165, 1.54) is 0 Å². The summed E-state index contributed by atoms with van der Waals surface area (Å²) in [5.41, 5.74) is 1.08. The van der Waals surface area contributed by atoms with Crippen LogP contribution in [0.1, 0.15) is 5.69 Å². The molecule has 1 N–H and O–H groups in total. The molecule has 0 aliphatic rings. The van der Waals surface area contributed by atoms with E-state index in [0.717, 1.165) is 13.9 Å². The minimum absolute atomic E-state index is 0.986. The zero-order valence-electron chi connectivity index (χ0n) is 4.20. The van der Waals surface area contributed by atoms with E-state index >= 15 is 0 Å². The zero-order chi connectivity index (χ0) is 6.15. The van der Waals surface area contributed by atoms with Crippen LogP contribution in [-0.2, 0) is 0 Å². The Balaban J connectivity index is 3.19. The van der Waals surface area contributed by atoms with Crippen molar-refractivity contribution in [2.75, 3.05) is 0 Å². The molecule has 0 aliphatic heterocycles. The number of hydrogen-bond donors (Lipinski definition) is 1. The van der Waals surface area contributed by atoms with Gasteiger partial charge < -0.3 is 0 Å². The van der Waals surface area contributed by atoms with E-state index < -0.39 is 0 Å². The first-order valence-corrected chi connectivity index (χ1v) is 3.95. The van der Waals surface area contributed by atoms with E-state index in [1.807, 2.05) is 6.92 Å². The highest BCUT2D eigenvalue weighted by Crippen LogP contribution is 2.18. The predicted octanol–water partition coefficient (Wildman–Crippen LogP) is 2.09. The van der Waals surface area contributed by atoms with Gasteiger partial charge in [0.1, 0.15) is 3.70 Å². The summed E-state index contributed by atoms with van der Waals surface area (Å²) in [6.45, 7) is 1.97. The summed E-state index contributed by atoms with van der Waals surface area (Å²) in [5.74, 6) is 0. The van der Waals surface area contributed by atoms with Crippen LogP contribution in [0.3, 0.4) is 0 Å². The van der Waals surface area contributed by atoms with Gasteiger partial charge >= 0.3 is 0 Å². The van der Waals surface area contributed by atoms with Crippen molar-refractivity contribution >= 4 is 38.5 Å². The number of aryl methyl sites for hydroxylation is 1. The van der Waals surface area contributed by atoms with Crippen molar-refractivity contribution in [1.82, 2.24) is 10.2 Å². The fourth-order valence-electron chi connectivity index (χ4n) is 0.386. The van der Waals surface area contributed by atoms with Crippen molar-refractivity contribution in [3.8, 4) is 0 Å². The number of rotatable bonds is 0. The number of aromatic nitrogens is 2. The van der Waals surface area contributed by atoms with Crippen LogP contribution >= 0.6 is 38.5 Å². The average Bonchev–Trinajstić information content (AvgIpc) is 1.98. The number of H-pyrrole nitrogens is 1. The van der Waals surface area contributed by atoms with E-state index in [2.05, 4.69) is 48.7 Å². The summed E-state index contributed by atoms with van der Waals surface area (Å²) in [6, 6.07) is 0. The summed E-state index contributed by atoms with van der Waals surface area (Å²) < 4.78 is 2.05. The molecule has 0 aliphatic carbocycles. The maximum Gasteiger partial charge on any atom is 0.137 e. The maximum absolute atomic E-state index is 3.93. The summed E-state index contributed by atoms with van der Waals surface area (Å²) in [7, 11) is 0. The summed E-state index contributed by atoms with van der Waals surface area (Å²) >= 11 is 5.50. The molecule has 0 saturated carbocycles. The Labute approximate surface area is 69.3 Å². The van der Waals surface area contributed by atoms with E-state index in [-0.39, 0.29) is 0 Å². The van der Waals surface area contributed by atoms with Crippen molar-refractivity contribution in [3.05, 3.63) is 13.9 Å². The molecule has 0 unspecified atom stereocenters. The number of hydrogen-bond acceptors (Lipinski definition) is 1. The molecule has 4 heteroatoms. The smallest absolute Gasteiger partial charge is 0.137 e. The fraction of sp³-hybridized carbons (Fsp3) is 0.250. The molecule has 1 aromatic rings. The Hall–Kier alpha value is 0.420. The van der Waals surface area contributed by atoms with Crippen LogP contribution < -0.4 is 0 Å². The van der Waals surface area contributed by atoms with Crippen LogP contribution in [0.15, 0.2) is 4.47 Å². The monoisotopic (exact) mass is 286 g/mol. The second-order valence-corrected chi connectivity index (χ2v) is 3.27. The minimum Gasteiger partial charge on any atom is -0.281 e. The molecular weight excluding hydrogens is 283 g/mol. The molecule has 1 aromatic heterocycles. The van der Waals surface area contributed by atoms with Gasteiger partial charge in [0, 0.05) is 5.69 Å². The lowest BCUT2D eigenvalue weighted by Gasteiger charge is -1.79. The standard InChI is InChI=1S/C4H4BrIN2/c1-2-3(5)4(6)8-7-2/h1H3,(H,7,8). The molecule has 0 fully saturated rings. The van der Waals surface area contributed by atoms with Gasteiger partial charge in [-0.3, -0.25) is 5.10 Å². The Bertz CT molecular complexity index is 176. The van der Waals surface area contributed by atoms with Crippen LogP contribution in [0.2, 0.25) is 0 Å². The summed E-state index contributed by atoms with van der Waals surface area (Å²) in [6.07, 6.45) is 0. The summed E-state index contributed by atoms with van der Waals surface area (Å²) in [5, 5.41) is 6.76. The Morgan fingerprint density at radius 1 is 1.75 bits per heavy atom. The molecule has 0 atom stereocenters. The first-order valence-electron chi connectivity index (χ1n) is 2.08. The molecule has 0 amide bonds. The minimum atomic E-state index is 0.986. The molecule has 1 rings (SSSR count). The zero-order valence-corrected chi connectivity index (χ0v) is 7.95. The molecule has 8 heavy (non-hydrogen) atoms. The highest BCUT2D eigenvalue weighted by Gasteiger charge is 2.00. The van der Waals surface area contributed by atoms with Gasteiger partial charge in [0.05, 0.1) is 4.47 Å². The molecule has 0 aromatic carbocycles. The Kier molecular flexibility index (Phi) is 1.92. The van der Waals surface area contributed by atoms with Gasteiger partial charge in [0.25, 0.3) is 0 Å². The molecular formula is C4H4BrIN2. The Morgan fingerprint density at radius 3 is 2.50 bits per heavy atom. The molecule has 2 nitrogen and oxygen atoms in total. The maximum atomic E-state index is 3.93. The van der Waals surface area contributed by atoms with E-state index in [1.54, 1.807) is 0 Å². The second-order valence-electron chi connectivity index (χ2n) is 1.45. The van der Waals surface area contributed by atoms with E-state index in [9.17, 15) is 0 Å². The van der Waals surface area contributed by atoms with Gasteiger partial charge in [-0.25, -0.2) is 0 Å². The molecule has 1 heterocycles. The molecule has 0 radical (unpaired) electrons. The average molecular weight is 287 g/mol. The molecule has 0 bridgehead atoms. The van der Waals surface area contributed by atoms with Crippen LogP contribution in [0, 0.1) is 10.6 Å². The SMILES string of the molecule is Cc1[nH]nc(I)c1Br. The van der Waals surface area contributed by atoms with Gasteiger partial charge in [-0.15, -0.1) is 0 Å². The third-order valence-electron chi connectivity index (χ3n) is 0.832. The fourth-order valence-corrected chi connectivity index (χ4v) is 1.09. The van der Waals surface area contributed by atoms with Crippen LogP contribution in [0.5, 0.6) is 0 Å². The van der Waals surface area contributed by atoms with Crippen molar-refractivity contribution in [1.29, 1.82) is 0 Å². The lowest BCUT2D eigenvalue weighted by molar-refractivity contribution is 1.03. The van der Waals surface area contributed by atoms with Crippen molar-refractivity contribution in [2.24, 2.45) is 0 Å². The third-order valence-corrected chi connectivity index (χ3v) is 3.32. The first-order chi connectivity index (χ1) is 3.72. The van der Waals surface area contributed by atoms with E-state index in [4.69, 9.17) is 0 Å². The Morgan fingerprint density at radius 2 is 2.38 bits per heavy atom. The number of halogens is 2. The summed E-state index contributed by atoms with van der Waals surface area (Å²) in [4.78, 5) is 0. The topological polar surface area (TPSA) is 28.7 Å². The number of nitrogens with zero attached hydrogens (tertiary/aromatic N) is 1. The van der Waals surface area contributed by atoms with Crippen molar-refractivity contribution < 1.29 is 0 Å². The van der Waals surface area contributed by atoms with Crippen molar-refractivity contribution in [3.63, 3.8) is 0 Å². The number of aromatic amines is 1. The highest BCUT2D eigenvalue weighted by atomic mass is 127. The first kappa shape index (κ1) is 6.54. The van der Waals surface area contributed by atoms with Crippen molar-refractivity contribution in [2.45, 2.75) is 6.92 Å². The molecule has 0 spiro atoms. The highest BCUT2D eigenvalue weighted by molar-refractivity contribution is 14.1. The number of nitrogens with one attached hydrogen (secondary N) is 1. The lowest BCUT2D eigenvalue weighted by Crippen LogP contribution is -1.67. The molecule has 44 valence electrons. The largest absolute Gasteiger partial charge is 0.281 e. The van der Waals surface area contributed by atoms with Gasteiger partial charge in [0.15, 0.2) is 0 Å². The normalized spacial score (nSPS) is 9.88. The van der Waals surface area contributed by atoms with E-state index in [0.29, 0.717) is 0 Å². The van der Waals surface area contributed by atoms with Crippen LogP contribution in [0.4, 0.5) is 0 Å². The third kappa shape index (κ3) is 1.05. The van der Waals surface area contributed by atoms with Crippen LogP contribution in [-0.4, -0.2) is 10.2 Å². The quantitative estimate of drug-likeness (QED) is 0.727. The lowest BCUT2D eigenvalue weighted by atomic mass is 10.5. The van der Waals surface area contributed by atoms with Crippen LogP contribution in [0.25, 0.3) is 0 Å². The van der Waals surface area contributed by atoms with Gasteiger partial charge in [-0.2, -0.15) is 5.10 Å². The molecule has 0 saturated heterocycles.